The van der Waals surface area contributed by atoms with Crippen LogP contribution in [0.15, 0.2) is 18.2 Å². The van der Waals surface area contributed by atoms with E-state index in [2.05, 4.69) is 0 Å². The number of halogens is 1. The van der Waals surface area contributed by atoms with Crippen LogP contribution >= 0.6 is 0 Å². The zero-order valence-electron chi connectivity index (χ0n) is 14.1. The third kappa shape index (κ3) is 5.88. The number of nitrogens with two attached hydrogens (primary N) is 1. The number of hydrogen-bond acceptors (Lipinski definition) is 4. The van der Waals surface area contributed by atoms with Crippen LogP contribution in [-0.4, -0.2) is 29.0 Å². The van der Waals surface area contributed by atoms with Gasteiger partial charge < -0.3 is 10.5 Å². The number of carbonyl (C=O) groups excluding carboxylic acids is 2. The Bertz CT molecular complexity index is 555. The van der Waals surface area contributed by atoms with Crippen molar-refractivity contribution in [1.82, 2.24) is 4.90 Å². The van der Waals surface area contributed by atoms with E-state index in [1.807, 2.05) is 6.92 Å². The first kappa shape index (κ1) is 18.9. The molecule has 1 atom stereocenters. The van der Waals surface area contributed by atoms with Crippen LogP contribution in [0.4, 0.5) is 14.9 Å². The van der Waals surface area contributed by atoms with Crippen molar-refractivity contribution in [2.24, 2.45) is 0 Å². The molecule has 0 aliphatic carbocycles. The first-order chi connectivity index (χ1) is 10.7. The molecule has 1 aromatic carbocycles. The summed E-state index contributed by atoms with van der Waals surface area (Å²) in [6, 6.07) is 4.05. The number of benzene rings is 1. The van der Waals surface area contributed by atoms with Gasteiger partial charge in [0.25, 0.3) is 0 Å². The van der Waals surface area contributed by atoms with E-state index in [1.54, 1.807) is 26.8 Å². The Morgan fingerprint density at radius 1 is 1.43 bits per heavy atom. The summed E-state index contributed by atoms with van der Waals surface area (Å²) < 4.78 is 18.5. The van der Waals surface area contributed by atoms with Crippen molar-refractivity contribution < 1.29 is 18.7 Å². The van der Waals surface area contributed by atoms with Gasteiger partial charge in [-0.1, -0.05) is 19.4 Å². The first-order valence-electron chi connectivity index (χ1n) is 7.68. The second-order valence-corrected chi connectivity index (χ2v) is 6.50. The van der Waals surface area contributed by atoms with E-state index in [0.29, 0.717) is 19.3 Å². The van der Waals surface area contributed by atoms with E-state index < -0.39 is 17.5 Å². The monoisotopic (exact) mass is 324 g/mol. The summed E-state index contributed by atoms with van der Waals surface area (Å²) in [7, 11) is 0. The third-order valence-corrected chi connectivity index (χ3v) is 3.26. The summed E-state index contributed by atoms with van der Waals surface area (Å²) in [6.45, 7) is 7.18. The van der Waals surface area contributed by atoms with Crippen LogP contribution in [0.1, 0.15) is 46.1 Å². The average Bonchev–Trinajstić information content (AvgIpc) is 2.42. The summed E-state index contributed by atoms with van der Waals surface area (Å²) in [6.07, 6.45) is 1.61. The third-order valence-electron chi connectivity index (χ3n) is 3.26. The molecule has 0 saturated carbocycles. The Morgan fingerprint density at radius 3 is 2.57 bits per heavy atom. The second-order valence-electron chi connectivity index (χ2n) is 6.50. The molecule has 0 aliphatic heterocycles. The molecule has 23 heavy (non-hydrogen) atoms. The molecule has 0 radical (unpaired) electrons. The van der Waals surface area contributed by atoms with Crippen LogP contribution in [0, 0.1) is 5.82 Å². The van der Waals surface area contributed by atoms with Crippen molar-refractivity contribution in [2.45, 2.75) is 58.6 Å². The minimum absolute atomic E-state index is 0.0488. The van der Waals surface area contributed by atoms with Crippen molar-refractivity contribution in [3.63, 3.8) is 0 Å². The predicted molar refractivity (Wildman–Crippen MR) is 87.3 cm³/mol. The number of carbonyl (C=O) groups is 2. The molecule has 0 aromatic heterocycles. The minimum Gasteiger partial charge on any atom is -0.443 e. The van der Waals surface area contributed by atoms with Gasteiger partial charge in [0, 0.05) is 6.04 Å². The van der Waals surface area contributed by atoms with Crippen molar-refractivity contribution in [1.29, 1.82) is 0 Å². The van der Waals surface area contributed by atoms with Crippen LogP contribution < -0.4 is 5.73 Å². The summed E-state index contributed by atoms with van der Waals surface area (Å²) >= 11 is 0. The lowest BCUT2D eigenvalue weighted by Gasteiger charge is -2.29. The van der Waals surface area contributed by atoms with Gasteiger partial charge >= 0.3 is 6.09 Å². The predicted octanol–water partition coefficient (Wildman–Crippen LogP) is 3.51. The molecule has 0 spiro atoms. The van der Waals surface area contributed by atoms with Crippen LogP contribution in [-0.2, 0) is 16.0 Å². The van der Waals surface area contributed by atoms with Crippen LogP contribution in [0.2, 0.25) is 0 Å². The molecular weight excluding hydrogens is 299 g/mol. The molecule has 1 unspecified atom stereocenters. The van der Waals surface area contributed by atoms with Crippen molar-refractivity contribution in [3.05, 3.63) is 29.6 Å². The number of nitrogen functional groups attached to an aromatic ring is 1. The number of nitrogens with zero attached hydrogens (tertiary/aromatic N) is 1. The van der Waals surface area contributed by atoms with E-state index >= 15 is 0 Å². The van der Waals surface area contributed by atoms with E-state index in [9.17, 15) is 14.0 Å². The fourth-order valence-electron chi connectivity index (χ4n) is 2.26. The van der Waals surface area contributed by atoms with Gasteiger partial charge in [0.2, 0.25) is 6.41 Å². The van der Waals surface area contributed by atoms with E-state index in [0.717, 1.165) is 16.9 Å². The molecule has 0 aliphatic rings. The number of ether oxygens (including phenoxy) is 1. The molecule has 5 nitrogen and oxygen atoms in total. The Hall–Kier alpha value is -2.11. The Kier molecular flexibility index (Phi) is 6.54. The highest BCUT2D eigenvalue weighted by Crippen LogP contribution is 2.19. The van der Waals surface area contributed by atoms with Gasteiger partial charge in [-0.15, -0.1) is 0 Å². The maximum atomic E-state index is 13.3. The highest BCUT2D eigenvalue weighted by Gasteiger charge is 2.28. The van der Waals surface area contributed by atoms with Crippen molar-refractivity contribution in [2.75, 3.05) is 5.73 Å². The molecule has 0 bridgehead atoms. The largest absolute Gasteiger partial charge is 0.443 e. The fourth-order valence-corrected chi connectivity index (χ4v) is 2.26. The van der Waals surface area contributed by atoms with E-state index in [4.69, 9.17) is 10.5 Å². The zero-order valence-corrected chi connectivity index (χ0v) is 14.1. The highest BCUT2D eigenvalue weighted by molar-refractivity contribution is 5.81. The van der Waals surface area contributed by atoms with E-state index in [-0.39, 0.29) is 11.7 Å². The highest BCUT2D eigenvalue weighted by atomic mass is 19.1. The van der Waals surface area contributed by atoms with Gasteiger partial charge in [-0.25, -0.2) is 14.1 Å². The number of hydrogen-bond donors (Lipinski definition) is 1. The van der Waals surface area contributed by atoms with Gasteiger partial charge in [0.15, 0.2) is 0 Å². The topological polar surface area (TPSA) is 72.6 Å². The van der Waals surface area contributed by atoms with Gasteiger partial charge in [0.1, 0.15) is 11.4 Å². The summed E-state index contributed by atoms with van der Waals surface area (Å²) in [4.78, 5) is 24.7. The van der Waals surface area contributed by atoms with Crippen LogP contribution in [0.25, 0.3) is 0 Å². The Balaban J connectivity index is 2.95. The van der Waals surface area contributed by atoms with Gasteiger partial charge in [0.05, 0.1) is 5.69 Å². The summed E-state index contributed by atoms with van der Waals surface area (Å²) in [5.41, 5.74) is 5.70. The van der Waals surface area contributed by atoms with Crippen molar-refractivity contribution >= 4 is 18.2 Å². The molecule has 1 rings (SSSR count). The molecule has 2 N–H and O–H groups in total. The Labute approximate surface area is 136 Å². The quantitative estimate of drug-likeness (QED) is 0.642. The zero-order chi connectivity index (χ0) is 17.6. The van der Waals surface area contributed by atoms with E-state index in [1.165, 1.54) is 12.1 Å². The van der Waals surface area contributed by atoms with Gasteiger partial charge in [-0.3, -0.25) is 4.79 Å². The molecule has 2 amide bonds. The summed E-state index contributed by atoms with van der Waals surface area (Å²) in [5.74, 6) is -0.486. The lowest BCUT2D eigenvalue weighted by molar-refractivity contribution is -0.119. The maximum Gasteiger partial charge on any atom is 0.417 e. The molecule has 128 valence electrons. The number of imide groups is 1. The lowest BCUT2D eigenvalue weighted by Crippen LogP contribution is -2.43. The normalized spacial score (nSPS) is 12.6. The van der Waals surface area contributed by atoms with Crippen LogP contribution in [0.3, 0.4) is 0 Å². The fraction of sp³-hybridized carbons (Fsp3) is 0.529. The smallest absolute Gasteiger partial charge is 0.417 e. The first-order valence-corrected chi connectivity index (χ1v) is 7.68. The lowest BCUT2D eigenvalue weighted by atomic mass is 10.0. The molecule has 0 saturated heterocycles. The van der Waals surface area contributed by atoms with Crippen LogP contribution in [0.5, 0.6) is 0 Å². The standard InChI is InChI=1S/C17H25FN2O3/c1-5-6-13(9-12-7-8-14(18)15(19)10-12)20(11-21)16(22)23-17(2,3)4/h7-8,10-11,13H,5-6,9,19H2,1-4H3. The number of rotatable bonds is 6. The maximum absolute atomic E-state index is 13.3. The minimum atomic E-state index is -0.685. The number of anilines is 1. The number of amides is 2. The van der Waals surface area contributed by atoms with Gasteiger partial charge in [-0.2, -0.15) is 0 Å². The molecule has 0 heterocycles. The van der Waals surface area contributed by atoms with Gasteiger partial charge in [-0.05, 0) is 51.3 Å². The summed E-state index contributed by atoms with van der Waals surface area (Å²) in [5, 5.41) is 0. The Morgan fingerprint density at radius 2 is 2.09 bits per heavy atom. The molecule has 6 heteroatoms. The average molecular weight is 324 g/mol. The molecule has 0 fully saturated rings. The second kappa shape index (κ2) is 7.94. The molecular formula is C17H25FN2O3. The SMILES string of the molecule is CCCC(Cc1ccc(F)c(N)c1)N(C=O)C(=O)OC(C)(C)C. The molecule has 1 aromatic rings. The van der Waals surface area contributed by atoms with Crippen molar-refractivity contribution in [3.8, 4) is 0 Å².